The number of halogens is 2. The second-order valence-corrected chi connectivity index (χ2v) is 4.14. The maximum Gasteiger partial charge on any atom is 0.354 e. The van der Waals surface area contributed by atoms with Crippen molar-refractivity contribution in [3.8, 4) is 0 Å². The molecule has 7 heteroatoms. The first-order chi connectivity index (χ1) is 8.97. The summed E-state index contributed by atoms with van der Waals surface area (Å²) in [5.74, 6) is -1.40. The second kappa shape index (κ2) is 7.01. The third-order valence-corrected chi connectivity index (χ3v) is 2.81. The molecule has 0 aliphatic rings. The number of nitrogens with one attached hydrogen (secondary N) is 1. The van der Waals surface area contributed by atoms with Crippen LogP contribution in [-0.2, 0) is 19.1 Å². The van der Waals surface area contributed by atoms with Crippen molar-refractivity contribution in [1.82, 2.24) is 0 Å². The molecule has 102 valence electrons. The number of hydrogen-bond donors (Lipinski definition) is 1. The highest BCUT2D eigenvalue weighted by atomic mass is 35.5. The molecular weight excluding hydrogens is 293 g/mol. The lowest BCUT2D eigenvalue weighted by Crippen LogP contribution is -2.15. The predicted molar refractivity (Wildman–Crippen MR) is 72.2 cm³/mol. The maximum absolute atomic E-state index is 11.5. The van der Waals surface area contributed by atoms with E-state index in [0.717, 1.165) is 6.08 Å². The van der Waals surface area contributed by atoms with Crippen LogP contribution < -0.4 is 5.32 Å². The molecule has 1 aromatic carbocycles. The van der Waals surface area contributed by atoms with Gasteiger partial charge in [-0.15, -0.1) is 0 Å². The van der Waals surface area contributed by atoms with Gasteiger partial charge in [0.15, 0.2) is 0 Å². The van der Waals surface area contributed by atoms with E-state index in [0.29, 0.717) is 15.7 Å². The highest BCUT2D eigenvalue weighted by Gasteiger charge is 2.13. The van der Waals surface area contributed by atoms with Gasteiger partial charge < -0.3 is 14.8 Å². The van der Waals surface area contributed by atoms with Gasteiger partial charge in [-0.3, -0.25) is 0 Å². The van der Waals surface area contributed by atoms with Crippen LogP contribution in [0.4, 0.5) is 5.69 Å². The molecule has 0 amide bonds. The van der Waals surface area contributed by atoms with E-state index in [2.05, 4.69) is 14.8 Å². The Morgan fingerprint density at radius 1 is 1.16 bits per heavy atom. The molecule has 0 heterocycles. The zero-order valence-electron chi connectivity index (χ0n) is 10.2. The number of carbonyl (C=O) groups is 2. The van der Waals surface area contributed by atoms with E-state index in [1.165, 1.54) is 20.3 Å². The van der Waals surface area contributed by atoms with Gasteiger partial charge in [0.1, 0.15) is 5.70 Å². The molecule has 5 nitrogen and oxygen atoms in total. The highest BCUT2D eigenvalue weighted by molar-refractivity contribution is 6.42. The Balaban J connectivity index is 3.00. The van der Waals surface area contributed by atoms with Gasteiger partial charge >= 0.3 is 11.9 Å². The lowest BCUT2D eigenvalue weighted by Gasteiger charge is -2.09. The Hall–Kier alpha value is -1.72. The fourth-order valence-electron chi connectivity index (χ4n) is 1.16. The van der Waals surface area contributed by atoms with E-state index in [1.54, 1.807) is 12.1 Å². The number of hydrogen-bond acceptors (Lipinski definition) is 5. The normalized spacial score (nSPS) is 10.8. The molecule has 0 spiro atoms. The smallest absolute Gasteiger partial charge is 0.354 e. The number of benzene rings is 1. The molecule has 0 fully saturated rings. The number of carbonyl (C=O) groups excluding carboxylic acids is 2. The van der Waals surface area contributed by atoms with Crippen molar-refractivity contribution in [2.24, 2.45) is 0 Å². The van der Waals surface area contributed by atoms with E-state index in [-0.39, 0.29) is 5.70 Å². The van der Waals surface area contributed by atoms with Crippen molar-refractivity contribution in [1.29, 1.82) is 0 Å². The topological polar surface area (TPSA) is 64.6 Å². The highest BCUT2D eigenvalue weighted by Crippen LogP contribution is 2.25. The van der Waals surface area contributed by atoms with Crippen molar-refractivity contribution < 1.29 is 19.1 Å². The molecule has 0 aromatic heterocycles. The van der Waals surface area contributed by atoms with Crippen LogP contribution in [0.3, 0.4) is 0 Å². The summed E-state index contributed by atoms with van der Waals surface area (Å²) in [6.45, 7) is 0. The third-order valence-electron chi connectivity index (χ3n) is 2.07. The number of anilines is 1. The number of methoxy groups -OCH3 is 2. The van der Waals surface area contributed by atoms with Crippen molar-refractivity contribution in [2.45, 2.75) is 0 Å². The van der Waals surface area contributed by atoms with Gasteiger partial charge in [-0.1, -0.05) is 23.2 Å². The van der Waals surface area contributed by atoms with E-state index in [4.69, 9.17) is 23.2 Å². The van der Waals surface area contributed by atoms with Crippen LogP contribution in [0.15, 0.2) is 30.0 Å². The third kappa shape index (κ3) is 4.46. The standard InChI is InChI=1S/C12H11Cl2NO4/c1-18-11(16)6-10(12(17)19-2)15-7-3-4-8(13)9(14)5-7/h3-6,15H,1-2H3/b10-6-. The fraction of sp³-hybridized carbons (Fsp3) is 0.167. The largest absolute Gasteiger partial charge is 0.466 e. The Kier molecular flexibility index (Phi) is 5.66. The quantitative estimate of drug-likeness (QED) is 0.684. The minimum absolute atomic E-state index is 0.0762. The molecular formula is C12H11Cl2NO4. The molecule has 19 heavy (non-hydrogen) atoms. The first kappa shape index (κ1) is 15.3. The lowest BCUT2D eigenvalue weighted by molar-refractivity contribution is -0.138. The summed E-state index contributed by atoms with van der Waals surface area (Å²) in [6.07, 6.45) is 0.981. The summed E-state index contributed by atoms with van der Waals surface area (Å²) < 4.78 is 8.99. The zero-order chi connectivity index (χ0) is 14.4. The summed E-state index contributed by atoms with van der Waals surface area (Å²) in [5, 5.41) is 3.40. The van der Waals surface area contributed by atoms with Gasteiger partial charge in [-0.05, 0) is 18.2 Å². The van der Waals surface area contributed by atoms with Gasteiger partial charge in [0, 0.05) is 5.69 Å². The first-order valence-corrected chi connectivity index (χ1v) is 5.83. The van der Waals surface area contributed by atoms with Crippen LogP contribution in [-0.4, -0.2) is 26.2 Å². The minimum atomic E-state index is -0.712. The molecule has 0 saturated heterocycles. The van der Waals surface area contributed by atoms with E-state index >= 15 is 0 Å². The number of esters is 2. The van der Waals surface area contributed by atoms with Gasteiger partial charge in [0.2, 0.25) is 0 Å². The second-order valence-electron chi connectivity index (χ2n) is 3.33. The molecule has 1 rings (SSSR count). The van der Waals surface area contributed by atoms with E-state index in [9.17, 15) is 9.59 Å². The predicted octanol–water partition coefficient (Wildman–Crippen LogP) is 2.64. The monoisotopic (exact) mass is 303 g/mol. The molecule has 0 aliphatic heterocycles. The van der Waals surface area contributed by atoms with Crippen LogP contribution in [0.2, 0.25) is 10.0 Å². The van der Waals surface area contributed by atoms with Crippen molar-refractivity contribution in [2.75, 3.05) is 19.5 Å². The summed E-state index contributed by atoms with van der Waals surface area (Å²) in [7, 11) is 2.40. The molecule has 0 radical (unpaired) electrons. The molecule has 1 aromatic rings. The van der Waals surface area contributed by atoms with Gasteiger partial charge in [0.05, 0.1) is 30.3 Å². The SMILES string of the molecule is COC(=O)/C=C(\Nc1ccc(Cl)c(Cl)c1)C(=O)OC. The minimum Gasteiger partial charge on any atom is -0.466 e. The van der Waals surface area contributed by atoms with Crippen molar-refractivity contribution in [3.63, 3.8) is 0 Å². The Bertz CT molecular complexity index is 528. The van der Waals surface area contributed by atoms with E-state index in [1.807, 2.05) is 0 Å². The van der Waals surface area contributed by atoms with Crippen LogP contribution in [0.25, 0.3) is 0 Å². The molecule has 0 bridgehead atoms. The van der Waals surface area contributed by atoms with Crippen molar-refractivity contribution in [3.05, 3.63) is 40.0 Å². The van der Waals surface area contributed by atoms with Gasteiger partial charge in [-0.2, -0.15) is 0 Å². The van der Waals surface area contributed by atoms with Gasteiger partial charge in [-0.25, -0.2) is 9.59 Å². The molecule has 0 atom stereocenters. The van der Waals surface area contributed by atoms with Crippen LogP contribution >= 0.6 is 23.2 Å². The summed E-state index contributed by atoms with van der Waals surface area (Å²) >= 11 is 11.6. The number of ether oxygens (including phenoxy) is 2. The average Bonchev–Trinajstić information content (AvgIpc) is 2.41. The first-order valence-electron chi connectivity index (χ1n) is 5.08. The summed E-state index contributed by atoms with van der Waals surface area (Å²) in [5.41, 5.74) is 0.405. The van der Waals surface area contributed by atoms with Crippen LogP contribution in [0, 0.1) is 0 Å². The average molecular weight is 304 g/mol. The number of rotatable bonds is 4. The maximum atomic E-state index is 11.5. The zero-order valence-corrected chi connectivity index (χ0v) is 11.7. The summed E-state index contributed by atoms with van der Waals surface area (Å²) in [4.78, 5) is 22.7. The molecule has 0 saturated carbocycles. The molecule has 0 aliphatic carbocycles. The molecule has 1 N–H and O–H groups in total. The van der Waals surface area contributed by atoms with E-state index < -0.39 is 11.9 Å². The van der Waals surface area contributed by atoms with Crippen molar-refractivity contribution >= 4 is 40.8 Å². The van der Waals surface area contributed by atoms with Crippen LogP contribution in [0.1, 0.15) is 0 Å². The Morgan fingerprint density at radius 2 is 1.84 bits per heavy atom. The van der Waals surface area contributed by atoms with Crippen LogP contribution in [0.5, 0.6) is 0 Å². The lowest BCUT2D eigenvalue weighted by atomic mass is 10.3. The summed E-state index contributed by atoms with van der Waals surface area (Å²) in [6, 6.07) is 4.67. The Morgan fingerprint density at radius 3 is 2.37 bits per heavy atom. The molecule has 0 unspecified atom stereocenters. The van der Waals surface area contributed by atoms with Gasteiger partial charge in [0.25, 0.3) is 0 Å². The fourth-order valence-corrected chi connectivity index (χ4v) is 1.46. The Labute approximate surface area is 120 Å².